The number of nitrogens with zero attached hydrogens (tertiary/aromatic N) is 1. The van der Waals surface area contributed by atoms with E-state index < -0.39 is 24.2 Å². The van der Waals surface area contributed by atoms with Gasteiger partial charge in [0.2, 0.25) is 0 Å². The van der Waals surface area contributed by atoms with Gasteiger partial charge in [0.1, 0.15) is 0 Å². The van der Waals surface area contributed by atoms with E-state index >= 15 is 0 Å². The van der Waals surface area contributed by atoms with Crippen molar-refractivity contribution in [2.75, 3.05) is 0 Å². The van der Waals surface area contributed by atoms with Crippen molar-refractivity contribution >= 4 is 9.58 Å². The van der Waals surface area contributed by atoms with Crippen LogP contribution in [0.4, 0.5) is 26.3 Å². The molecule has 0 aliphatic heterocycles. The van der Waals surface area contributed by atoms with Crippen LogP contribution < -0.4 is 9.47 Å². The molecule has 1 fully saturated rings. The fraction of sp³-hybridized carbons (Fsp3) is 0.400. The molecule has 1 aliphatic carbocycles. The first kappa shape index (κ1) is 27.5. The first-order valence-electron chi connectivity index (χ1n) is 8.98. The topological polar surface area (TPSA) is 31.4 Å². The van der Waals surface area contributed by atoms with Crippen molar-refractivity contribution in [3.8, 4) is 22.8 Å². The average Bonchev–Trinajstić information content (AvgIpc) is 2.69. The second-order valence-electron chi connectivity index (χ2n) is 6.39. The van der Waals surface area contributed by atoms with Crippen LogP contribution in [0, 0.1) is 18.9 Å². The van der Waals surface area contributed by atoms with Gasteiger partial charge >= 0.3 is 40.2 Å². The molecule has 1 aromatic carbocycles. The first-order valence-corrected chi connectivity index (χ1v) is 11.9. The van der Waals surface area contributed by atoms with Gasteiger partial charge in [-0.2, -0.15) is 5.92 Å². The quantitative estimate of drug-likeness (QED) is 0.257. The molecule has 0 saturated heterocycles. The molecule has 3 rings (SSSR count). The van der Waals surface area contributed by atoms with Crippen molar-refractivity contribution in [2.24, 2.45) is 5.92 Å². The van der Waals surface area contributed by atoms with Crippen LogP contribution in [0.1, 0.15) is 32.1 Å². The Morgan fingerprint density at radius 3 is 2.06 bits per heavy atom. The zero-order valence-electron chi connectivity index (χ0n) is 16.0. The Bertz CT molecular complexity index is 769. The number of aromatic nitrogens is 1. The van der Waals surface area contributed by atoms with Crippen molar-refractivity contribution in [3.63, 3.8) is 0 Å². The van der Waals surface area contributed by atoms with E-state index in [2.05, 4.69) is 37.0 Å². The van der Waals surface area contributed by atoms with Gasteiger partial charge in [0.25, 0.3) is 0 Å². The molecule has 0 N–H and O–H groups in total. The van der Waals surface area contributed by atoms with Crippen LogP contribution in [0.25, 0.3) is 11.3 Å². The molecule has 0 amide bonds. The van der Waals surface area contributed by atoms with E-state index in [1.807, 2.05) is 0 Å². The molecule has 0 spiro atoms. The Morgan fingerprint density at radius 2 is 1.61 bits per heavy atom. The number of benzene rings is 1. The molecule has 2 aromatic rings. The Labute approximate surface area is 191 Å². The summed E-state index contributed by atoms with van der Waals surface area (Å²) in [5.74, 6) is -0.992. The molecule has 1 aliphatic rings. The number of rotatable bonds is 3. The molecule has 174 valence electrons. The Morgan fingerprint density at radius 1 is 1.00 bits per heavy atom. The van der Waals surface area contributed by atoms with Gasteiger partial charge in [0.05, 0.1) is 0 Å². The summed E-state index contributed by atoms with van der Waals surface area (Å²) in [4.78, 5) is 3.80. The van der Waals surface area contributed by atoms with Crippen LogP contribution in [-0.2, 0) is 17.9 Å². The van der Waals surface area contributed by atoms with Gasteiger partial charge in [-0.25, -0.2) is 0 Å². The normalized spacial score (nSPS) is 14.5. The van der Waals surface area contributed by atoms with Crippen LogP contribution in [0.15, 0.2) is 36.5 Å². The van der Waals surface area contributed by atoms with Crippen LogP contribution in [0.2, 0.25) is 0 Å². The molecular weight excluding hydrogens is 628 g/mol. The summed E-state index contributed by atoms with van der Waals surface area (Å²) in [7, 11) is 4.64. The average molecular weight is 647 g/mol. The minimum atomic E-state index is -5.09. The number of hydrogen-bond donors (Lipinski definition) is 0. The number of alkyl halides is 6. The zero-order chi connectivity index (χ0) is 23.5. The summed E-state index contributed by atoms with van der Waals surface area (Å²) in [6.45, 7) is 4.00. The third-order valence-corrected chi connectivity index (χ3v) is 3.98. The van der Waals surface area contributed by atoms with Gasteiger partial charge in [-0.1, -0.05) is 55.9 Å². The van der Waals surface area contributed by atoms with Gasteiger partial charge in [-0.3, -0.25) is 0 Å². The second kappa shape index (κ2) is 13.1. The molecule has 1 aromatic heterocycles. The van der Waals surface area contributed by atoms with Gasteiger partial charge in [0, 0.05) is 17.7 Å². The van der Waals surface area contributed by atoms with Crippen molar-refractivity contribution in [1.82, 2.24) is 4.98 Å². The van der Waals surface area contributed by atoms with Crippen molar-refractivity contribution < 1.29 is 53.7 Å². The number of ether oxygens (including phenoxy) is 2. The van der Waals surface area contributed by atoms with E-state index in [1.54, 1.807) is 0 Å². The molecule has 1 heterocycles. The monoisotopic (exact) mass is 647 g/mol. The molecule has 1 saturated carbocycles. The molecule has 0 bridgehead atoms. The molecule has 11 heteroatoms. The summed E-state index contributed by atoms with van der Waals surface area (Å²) < 4.78 is 80.8. The predicted octanol–water partition coefficient (Wildman–Crippen LogP) is 7.43. The molecular formula is C20H19ClF6IrNO2. The summed E-state index contributed by atoms with van der Waals surface area (Å²) in [5, 5.41) is 0. The third kappa shape index (κ3) is 11.6. The molecule has 0 atom stereocenters. The fourth-order valence-corrected chi connectivity index (χ4v) is 2.75. The van der Waals surface area contributed by atoms with E-state index in [0.29, 0.717) is 6.07 Å². The van der Waals surface area contributed by atoms with Crippen molar-refractivity contribution in [2.45, 2.75) is 44.8 Å². The van der Waals surface area contributed by atoms with E-state index in [1.165, 1.54) is 74.4 Å². The van der Waals surface area contributed by atoms with E-state index in [0.717, 1.165) is 12.0 Å². The van der Waals surface area contributed by atoms with Crippen LogP contribution >= 0.6 is 9.58 Å². The number of halogens is 7. The summed E-state index contributed by atoms with van der Waals surface area (Å²) in [5.41, 5.74) is -0.187. The van der Waals surface area contributed by atoms with E-state index in [-0.39, 0.29) is 11.3 Å². The summed E-state index contributed by atoms with van der Waals surface area (Å²) in [6, 6.07) is 7.86. The third-order valence-electron chi connectivity index (χ3n) is 3.98. The van der Waals surface area contributed by atoms with Crippen molar-refractivity contribution in [3.05, 3.63) is 49.5 Å². The molecule has 0 unspecified atom stereocenters. The maximum atomic E-state index is 12.4. The Balaban J connectivity index is 0.000000447. The fourth-order valence-electron chi connectivity index (χ4n) is 2.75. The summed E-state index contributed by atoms with van der Waals surface area (Å²) in [6.07, 6.45) is -1.78. The van der Waals surface area contributed by atoms with Gasteiger partial charge in [0.15, 0.2) is 0 Å². The van der Waals surface area contributed by atoms with Crippen molar-refractivity contribution in [1.29, 1.82) is 0 Å². The molecule has 31 heavy (non-hydrogen) atoms. The van der Waals surface area contributed by atoms with Crippen LogP contribution in [0.3, 0.4) is 0 Å². The minimum absolute atomic E-state index is 0.0558. The zero-order valence-corrected chi connectivity index (χ0v) is 19.2. The van der Waals surface area contributed by atoms with Crippen LogP contribution in [-0.4, -0.2) is 17.7 Å². The van der Waals surface area contributed by atoms with Gasteiger partial charge < -0.3 is 21.4 Å². The maximum absolute atomic E-state index is 12.4. The van der Waals surface area contributed by atoms with Gasteiger partial charge in [-0.05, 0) is 11.8 Å². The predicted molar refractivity (Wildman–Crippen MR) is 99.7 cm³/mol. The van der Waals surface area contributed by atoms with E-state index in [4.69, 9.17) is 0 Å². The first-order chi connectivity index (χ1) is 14.5. The van der Waals surface area contributed by atoms with Gasteiger partial charge in [-0.15, -0.1) is 38.5 Å². The second-order valence-corrected chi connectivity index (χ2v) is 6.39. The standard InChI is InChI=1S/C13H6F6NO2.C7H13.ClH.Ir/c14-12(15,16)21-8-4-5-9(10-3-1-2-6-20-10)11(7-8)22-13(17,18)19;1-7-5-3-2-4-6-7;;/h1-4,6-7H;7H,1-6H2;1H;/q2*-1;;+3/p-1. The Kier molecular flexibility index (Phi) is 11.7. The molecule has 3 nitrogen and oxygen atoms in total. The van der Waals surface area contributed by atoms with E-state index in [9.17, 15) is 26.3 Å². The molecule has 0 radical (unpaired) electrons. The number of hydrogen-bond acceptors (Lipinski definition) is 3. The Hall–Kier alpha value is -1.51. The summed E-state index contributed by atoms with van der Waals surface area (Å²) >= 11 is 1.47. The SMILES string of the molecule is FC(F)(F)Oc1c[c-]c(-c2ccccn2)c(OC(F)(F)F)c1.[CH2-]C1CCCCC1.[Cl][Ir+2]. The van der Waals surface area contributed by atoms with Crippen LogP contribution in [0.5, 0.6) is 11.5 Å². The number of pyridine rings is 1.